The summed E-state index contributed by atoms with van der Waals surface area (Å²) in [5.41, 5.74) is 0. The lowest BCUT2D eigenvalue weighted by molar-refractivity contribution is 0.857. The third kappa shape index (κ3) is 5.30. The van der Waals surface area contributed by atoms with Crippen molar-refractivity contribution in [1.29, 1.82) is 0 Å². The Morgan fingerprint density at radius 2 is 1.69 bits per heavy atom. The predicted octanol–water partition coefficient (Wildman–Crippen LogP) is 4.42. The summed E-state index contributed by atoms with van der Waals surface area (Å²) in [4.78, 5) is 0. The minimum absolute atomic E-state index is 0.830. The van der Waals surface area contributed by atoms with Crippen molar-refractivity contribution in [2.45, 2.75) is 57.8 Å². The van der Waals surface area contributed by atoms with Crippen LogP contribution in [0.2, 0.25) is 25.7 Å². The van der Waals surface area contributed by atoms with Crippen LogP contribution in [-0.2, 0) is 0 Å². The van der Waals surface area contributed by atoms with Crippen molar-refractivity contribution in [3.8, 4) is 0 Å². The van der Waals surface area contributed by atoms with Crippen LogP contribution in [0.15, 0.2) is 12.2 Å². The molecule has 0 nitrogen and oxygen atoms in total. The molecule has 0 heterocycles. The van der Waals surface area contributed by atoms with Crippen LogP contribution in [0.5, 0.6) is 0 Å². The summed E-state index contributed by atoms with van der Waals surface area (Å²) in [6.45, 7) is 7.29. The Bertz CT molecular complexity index is 158. The van der Waals surface area contributed by atoms with Gasteiger partial charge in [0.1, 0.15) is 0 Å². The molecule has 75 valence electrons. The van der Waals surface area contributed by atoms with E-state index in [0.29, 0.717) is 0 Å². The van der Waals surface area contributed by atoms with E-state index in [0.717, 1.165) is 0 Å². The number of hydrogen-bond acceptors (Lipinski definition) is 0. The van der Waals surface area contributed by atoms with E-state index in [4.69, 9.17) is 0 Å². The topological polar surface area (TPSA) is 0 Å². The van der Waals surface area contributed by atoms with Gasteiger partial charge in [-0.25, -0.2) is 0 Å². The van der Waals surface area contributed by atoms with Gasteiger partial charge in [-0.05, 0) is 31.2 Å². The minimum atomic E-state index is -0.830. The second-order valence-electron chi connectivity index (χ2n) is 5.40. The van der Waals surface area contributed by atoms with Crippen molar-refractivity contribution in [2.75, 3.05) is 0 Å². The predicted molar refractivity (Wildman–Crippen MR) is 63.6 cm³/mol. The fraction of sp³-hybridized carbons (Fsp3) is 0.750. The van der Waals surface area contributed by atoms with Crippen LogP contribution in [-0.4, -0.2) is 8.07 Å². The first-order chi connectivity index (χ1) is 6.08. The Labute approximate surface area is 84.4 Å². The molecule has 0 unspecified atom stereocenters. The lowest BCUT2D eigenvalue weighted by Gasteiger charge is -2.11. The third-order valence-corrected chi connectivity index (χ3v) is 4.07. The van der Waals surface area contributed by atoms with E-state index in [2.05, 4.69) is 31.8 Å². The van der Waals surface area contributed by atoms with Gasteiger partial charge in [-0.15, -0.1) is 0 Å². The molecule has 1 rings (SSSR count). The van der Waals surface area contributed by atoms with Gasteiger partial charge < -0.3 is 0 Å². The molecule has 0 spiro atoms. The monoisotopic (exact) mass is 195 g/mol. The summed E-state index contributed by atoms with van der Waals surface area (Å²) in [5.74, 6) is 1.78. The third-order valence-electron chi connectivity index (χ3n) is 2.61. The van der Waals surface area contributed by atoms with Gasteiger partial charge in [0.25, 0.3) is 0 Å². The smallest absolute Gasteiger partial charge is 0.0480 e. The van der Waals surface area contributed by atoms with Gasteiger partial charge in [-0.2, -0.15) is 0 Å². The Hall–Kier alpha value is -0.0431. The summed E-state index contributed by atoms with van der Waals surface area (Å²) in [6, 6.07) is 1.35. The Morgan fingerprint density at radius 3 is 2.23 bits per heavy atom. The molecule has 1 saturated carbocycles. The van der Waals surface area contributed by atoms with Gasteiger partial charge in [0.2, 0.25) is 0 Å². The molecule has 1 aliphatic rings. The Morgan fingerprint density at radius 1 is 1.08 bits per heavy atom. The van der Waals surface area contributed by atoms with E-state index < -0.39 is 8.07 Å². The highest BCUT2D eigenvalue weighted by Gasteiger charge is 2.14. The lowest BCUT2D eigenvalue weighted by atomic mass is 10.0. The molecule has 0 aromatic carbocycles. The SMILES string of the molecule is C[Si](C)(C)CC=CC[C]1CCCC1. The molecular weight excluding hydrogens is 172 g/mol. The van der Waals surface area contributed by atoms with Gasteiger partial charge in [0, 0.05) is 8.07 Å². The van der Waals surface area contributed by atoms with Gasteiger partial charge in [-0.3, -0.25) is 0 Å². The molecule has 0 bridgehead atoms. The number of allylic oxidation sites excluding steroid dienone is 2. The highest BCUT2D eigenvalue weighted by molar-refractivity contribution is 6.76. The average molecular weight is 195 g/mol. The lowest BCUT2D eigenvalue weighted by Crippen LogP contribution is -2.17. The van der Waals surface area contributed by atoms with E-state index >= 15 is 0 Å². The quantitative estimate of drug-likeness (QED) is 0.460. The van der Waals surface area contributed by atoms with E-state index in [1.807, 2.05) is 0 Å². The van der Waals surface area contributed by atoms with Crippen molar-refractivity contribution in [2.24, 2.45) is 0 Å². The fourth-order valence-electron chi connectivity index (χ4n) is 1.77. The molecule has 1 heteroatoms. The zero-order chi connectivity index (χ0) is 9.73. The fourth-order valence-corrected chi connectivity index (χ4v) is 2.64. The summed E-state index contributed by atoms with van der Waals surface area (Å²) in [6.07, 6.45) is 11.8. The molecular formula is C12H23Si. The number of rotatable bonds is 4. The second-order valence-corrected chi connectivity index (χ2v) is 10.9. The van der Waals surface area contributed by atoms with Crippen LogP contribution in [0.25, 0.3) is 0 Å². The molecule has 0 aromatic rings. The van der Waals surface area contributed by atoms with Crippen molar-refractivity contribution in [3.05, 3.63) is 18.1 Å². The van der Waals surface area contributed by atoms with Crippen molar-refractivity contribution in [3.63, 3.8) is 0 Å². The maximum absolute atomic E-state index is 2.43. The second kappa shape index (κ2) is 4.99. The van der Waals surface area contributed by atoms with E-state index in [1.54, 1.807) is 5.92 Å². The molecule has 0 amide bonds. The maximum Gasteiger partial charge on any atom is 0.0480 e. The van der Waals surface area contributed by atoms with Gasteiger partial charge >= 0.3 is 0 Å². The van der Waals surface area contributed by atoms with Crippen molar-refractivity contribution in [1.82, 2.24) is 0 Å². The van der Waals surface area contributed by atoms with Crippen LogP contribution in [0.3, 0.4) is 0 Å². The Kier molecular flexibility index (Phi) is 4.24. The molecule has 0 aliphatic heterocycles. The first-order valence-electron chi connectivity index (χ1n) is 5.56. The van der Waals surface area contributed by atoms with Crippen LogP contribution >= 0.6 is 0 Å². The summed E-state index contributed by atoms with van der Waals surface area (Å²) >= 11 is 0. The van der Waals surface area contributed by atoms with Crippen LogP contribution in [0.4, 0.5) is 0 Å². The van der Waals surface area contributed by atoms with Crippen LogP contribution in [0.1, 0.15) is 32.1 Å². The van der Waals surface area contributed by atoms with Crippen LogP contribution in [0, 0.1) is 5.92 Å². The van der Waals surface area contributed by atoms with Crippen LogP contribution < -0.4 is 0 Å². The van der Waals surface area contributed by atoms with Gasteiger partial charge in [0.15, 0.2) is 0 Å². The maximum atomic E-state index is 2.43. The summed E-state index contributed by atoms with van der Waals surface area (Å²) in [7, 11) is -0.830. The minimum Gasteiger partial charge on any atom is -0.0912 e. The van der Waals surface area contributed by atoms with Crippen molar-refractivity contribution < 1.29 is 0 Å². The molecule has 0 atom stereocenters. The number of hydrogen-bond donors (Lipinski definition) is 0. The van der Waals surface area contributed by atoms with Gasteiger partial charge in [0.05, 0.1) is 0 Å². The standard InChI is InChI=1S/C12H23Si/c1-13(2,3)11-7-6-10-12-8-4-5-9-12/h6-7H,4-5,8-11H2,1-3H3. The summed E-state index contributed by atoms with van der Waals surface area (Å²) in [5, 5.41) is 0. The normalized spacial score (nSPS) is 20.2. The molecule has 0 N–H and O–H groups in total. The Balaban J connectivity index is 2.10. The first-order valence-corrected chi connectivity index (χ1v) is 9.27. The van der Waals surface area contributed by atoms with E-state index in [-0.39, 0.29) is 0 Å². The molecule has 13 heavy (non-hydrogen) atoms. The highest BCUT2D eigenvalue weighted by atomic mass is 28.3. The van der Waals surface area contributed by atoms with E-state index in [1.165, 1.54) is 38.1 Å². The molecule has 0 aromatic heterocycles. The highest BCUT2D eigenvalue weighted by Crippen LogP contribution is 2.29. The van der Waals surface area contributed by atoms with Crippen molar-refractivity contribution >= 4 is 8.07 Å². The molecule has 1 radical (unpaired) electrons. The summed E-state index contributed by atoms with van der Waals surface area (Å²) < 4.78 is 0. The first kappa shape index (κ1) is 11.0. The molecule has 1 fully saturated rings. The largest absolute Gasteiger partial charge is 0.0912 e. The average Bonchev–Trinajstić information content (AvgIpc) is 2.48. The van der Waals surface area contributed by atoms with E-state index in [9.17, 15) is 0 Å². The molecule has 0 saturated heterocycles. The zero-order valence-corrected chi connectivity index (χ0v) is 10.4. The van der Waals surface area contributed by atoms with Gasteiger partial charge in [-0.1, -0.05) is 44.6 Å². The molecule has 1 aliphatic carbocycles. The zero-order valence-electron chi connectivity index (χ0n) is 9.40.